The van der Waals surface area contributed by atoms with Crippen molar-refractivity contribution in [1.29, 1.82) is 0 Å². The molecule has 4 atom stereocenters. The van der Waals surface area contributed by atoms with Crippen molar-refractivity contribution < 1.29 is 0 Å². The van der Waals surface area contributed by atoms with Crippen molar-refractivity contribution >= 4 is 16.9 Å². The van der Waals surface area contributed by atoms with Crippen LogP contribution in [0.15, 0.2) is 222 Å². The predicted octanol–water partition coefficient (Wildman–Crippen LogP) is 14.3. The number of fused-ring (bicyclic) bond motifs is 2. The molecule has 0 saturated heterocycles. The van der Waals surface area contributed by atoms with Crippen LogP contribution in [-0.2, 0) is 0 Å². The van der Waals surface area contributed by atoms with Crippen molar-refractivity contribution in [2.45, 2.75) is 76.2 Å². The Bertz CT molecular complexity index is 2400. The van der Waals surface area contributed by atoms with Gasteiger partial charge < -0.3 is 9.80 Å². The van der Waals surface area contributed by atoms with E-state index in [1.807, 2.05) is 0 Å². The molecule has 0 heterocycles. The van der Waals surface area contributed by atoms with Gasteiger partial charge in [0.2, 0.25) is 0 Å². The van der Waals surface area contributed by atoms with Crippen LogP contribution >= 0.6 is 0 Å². The van der Waals surface area contributed by atoms with Crippen LogP contribution in [0.5, 0.6) is 0 Å². The largest absolute Gasteiger partial charge is 0.337 e. The van der Waals surface area contributed by atoms with E-state index in [4.69, 9.17) is 0 Å². The van der Waals surface area contributed by atoms with Crippen molar-refractivity contribution in [3.63, 3.8) is 0 Å². The Balaban J connectivity index is 0.950. The number of benzene rings is 2. The number of allylic oxidation sites excluding steroid dienone is 26. The van der Waals surface area contributed by atoms with E-state index < -0.39 is 0 Å². The zero-order valence-corrected chi connectivity index (χ0v) is 33.6. The first kappa shape index (κ1) is 36.5. The molecule has 8 aliphatic rings. The zero-order valence-electron chi connectivity index (χ0n) is 33.6. The van der Waals surface area contributed by atoms with Gasteiger partial charge in [0.1, 0.15) is 0 Å². The minimum atomic E-state index is 0.223. The minimum absolute atomic E-state index is 0.223. The Labute approximate surface area is 346 Å². The second-order valence-electron chi connectivity index (χ2n) is 16.8. The first-order chi connectivity index (χ1) is 28.8. The molecule has 8 aliphatic carbocycles. The van der Waals surface area contributed by atoms with Gasteiger partial charge in [-0.25, -0.2) is 0 Å². The Morgan fingerprint density at radius 2 is 1.33 bits per heavy atom. The summed E-state index contributed by atoms with van der Waals surface area (Å²) in [6.45, 7) is 0. The number of hydrogen-bond donors (Lipinski definition) is 0. The summed E-state index contributed by atoms with van der Waals surface area (Å²) in [4.78, 5) is 5.22. The Hall–Kier alpha value is -5.86. The SMILES string of the molecule is C1=CCC2CCC=C(N(C3=CC=C(C4=CC=C(N(c5ccc(C6=CCCC=C6)cc5)C5C=CC=C6C=CC=CC65)CC4)CC3)c3ccc(C4C=CC=CC4)cc3)C2=C1. The highest BCUT2D eigenvalue weighted by atomic mass is 15.2. The average Bonchev–Trinajstić information content (AvgIpc) is 3.31. The van der Waals surface area contributed by atoms with E-state index in [0.29, 0.717) is 17.8 Å². The topological polar surface area (TPSA) is 6.48 Å². The summed E-state index contributed by atoms with van der Waals surface area (Å²) >= 11 is 0. The maximum atomic E-state index is 2.62. The van der Waals surface area contributed by atoms with Crippen LogP contribution in [0.25, 0.3) is 5.57 Å². The molecular formula is C56H54N2. The van der Waals surface area contributed by atoms with Crippen molar-refractivity contribution in [3.05, 3.63) is 233 Å². The Kier molecular flexibility index (Phi) is 10.4. The van der Waals surface area contributed by atoms with E-state index in [9.17, 15) is 0 Å². The molecule has 0 bridgehead atoms. The molecule has 4 unspecified atom stereocenters. The highest BCUT2D eigenvalue weighted by Crippen LogP contribution is 2.44. The highest BCUT2D eigenvalue weighted by Gasteiger charge is 2.32. The van der Waals surface area contributed by atoms with E-state index in [1.54, 1.807) is 0 Å². The molecule has 2 aromatic carbocycles. The maximum absolute atomic E-state index is 2.62. The van der Waals surface area contributed by atoms with Gasteiger partial charge >= 0.3 is 0 Å². The summed E-state index contributed by atoms with van der Waals surface area (Å²) in [6.07, 6.45) is 62.1. The van der Waals surface area contributed by atoms with Crippen LogP contribution in [0.1, 0.15) is 81.3 Å². The van der Waals surface area contributed by atoms with Gasteiger partial charge in [-0.15, -0.1) is 0 Å². The van der Waals surface area contributed by atoms with Gasteiger partial charge in [0, 0.05) is 40.3 Å². The van der Waals surface area contributed by atoms with Crippen LogP contribution in [0.2, 0.25) is 0 Å². The third-order valence-electron chi connectivity index (χ3n) is 13.3. The van der Waals surface area contributed by atoms with Gasteiger partial charge in [-0.2, -0.15) is 0 Å². The summed E-state index contributed by atoms with van der Waals surface area (Å²) in [6, 6.07) is 19.0. The molecule has 0 aliphatic heterocycles. The molecule has 2 heteroatoms. The highest BCUT2D eigenvalue weighted by molar-refractivity contribution is 5.76. The second kappa shape index (κ2) is 16.5. The molecule has 0 spiro atoms. The fourth-order valence-electron chi connectivity index (χ4n) is 10.2. The van der Waals surface area contributed by atoms with Gasteiger partial charge in [-0.3, -0.25) is 0 Å². The molecule has 58 heavy (non-hydrogen) atoms. The van der Waals surface area contributed by atoms with Crippen molar-refractivity contribution in [1.82, 2.24) is 0 Å². The van der Waals surface area contributed by atoms with Gasteiger partial charge in [-0.05, 0) is 146 Å². The monoisotopic (exact) mass is 754 g/mol. The second-order valence-corrected chi connectivity index (χ2v) is 16.8. The molecule has 2 aromatic rings. The number of hydrogen-bond acceptors (Lipinski definition) is 2. The standard InChI is InChI=1S/C56H54N2/c1-3-13-41(14-4-1)43-25-33-49(34-26-43)57(55-23-11-19-47-17-7-9-21-53(47)55)51-37-29-45(30-38-51)46-31-39-52(40-32-46)58(56-24-12-20-48-18-8-10-22-54(48)56)50-35-27-44(28-36-50)42-15-5-2-6-16-42/h1,3-5,7-10,12-13,15-16,18,20-29,31,33-37,39,41,47,54,56H,2,6,11,14,17,19,30,32,38,40H2. The Morgan fingerprint density at radius 1 is 0.534 bits per heavy atom. The quantitative estimate of drug-likeness (QED) is 0.252. The van der Waals surface area contributed by atoms with Crippen LogP contribution in [-0.4, -0.2) is 6.04 Å². The molecule has 288 valence electrons. The molecule has 10 rings (SSSR count). The lowest BCUT2D eigenvalue weighted by molar-refractivity contribution is 0.551. The molecule has 0 fully saturated rings. The molecule has 0 N–H and O–H groups in total. The lowest BCUT2D eigenvalue weighted by Crippen LogP contribution is -2.40. The first-order valence-electron chi connectivity index (χ1n) is 21.9. The molecule has 0 amide bonds. The number of rotatable bonds is 9. The number of anilines is 2. The molecular weight excluding hydrogens is 701 g/mol. The predicted molar refractivity (Wildman–Crippen MR) is 246 cm³/mol. The summed E-state index contributed by atoms with van der Waals surface area (Å²) in [5.41, 5.74) is 16.6. The van der Waals surface area contributed by atoms with Crippen molar-refractivity contribution in [2.75, 3.05) is 9.80 Å². The average molecular weight is 755 g/mol. The van der Waals surface area contributed by atoms with Gasteiger partial charge in [0.25, 0.3) is 0 Å². The number of nitrogens with zero attached hydrogens (tertiary/aromatic N) is 2. The van der Waals surface area contributed by atoms with E-state index in [1.165, 1.54) is 73.9 Å². The molecule has 0 saturated carbocycles. The van der Waals surface area contributed by atoms with E-state index >= 15 is 0 Å². The zero-order chi connectivity index (χ0) is 38.7. The van der Waals surface area contributed by atoms with Gasteiger partial charge in [0.05, 0.1) is 6.04 Å². The Morgan fingerprint density at radius 3 is 2.09 bits per heavy atom. The van der Waals surface area contributed by atoms with Crippen LogP contribution in [0.3, 0.4) is 0 Å². The molecule has 2 nitrogen and oxygen atoms in total. The lowest BCUT2D eigenvalue weighted by atomic mass is 9.80. The fraction of sp³-hybridized carbons (Fsp3) is 0.250. The van der Waals surface area contributed by atoms with Gasteiger partial charge in [0.15, 0.2) is 0 Å². The van der Waals surface area contributed by atoms with E-state index in [-0.39, 0.29) is 6.04 Å². The molecule has 0 aromatic heterocycles. The fourth-order valence-corrected chi connectivity index (χ4v) is 10.2. The van der Waals surface area contributed by atoms with Crippen molar-refractivity contribution in [2.24, 2.45) is 11.8 Å². The molecule has 0 radical (unpaired) electrons. The van der Waals surface area contributed by atoms with Crippen molar-refractivity contribution in [3.8, 4) is 0 Å². The maximum Gasteiger partial charge on any atom is 0.0625 e. The van der Waals surface area contributed by atoms with Gasteiger partial charge in [-0.1, -0.05) is 146 Å². The van der Waals surface area contributed by atoms with Crippen LogP contribution in [0.4, 0.5) is 11.4 Å². The first-order valence-corrected chi connectivity index (χ1v) is 21.9. The normalized spacial score (nSPS) is 25.6. The third kappa shape index (κ3) is 7.37. The van der Waals surface area contributed by atoms with Crippen LogP contribution < -0.4 is 9.80 Å². The third-order valence-corrected chi connectivity index (χ3v) is 13.3. The lowest BCUT2D eigenvalue weighted by Gasteiger charge is -2.41. The van der Waals surface area contributed by atoms with E-state index in [2.05, 4.69) is 192 Å². The summed E-state index contributed by atoms with van der Waals surface area (Å²) in [5, 5.41) is 0. The summed E-state index contributed by atoms with van der Waals surface area (Å²) < 4.78 is 0. The summed E-state index contributed by atoms with van der Waals surface area (Å²) in [7, 11) is 0. The minimum Gasteiger partial charge on any atom is -0.337 e. The van der Waals surface area contributed by atoms with E-state index in [0.717, 1.165) is 57.8 Å². The van der Waals surface area contributed by atoms with Crippen LogP contribution in [0, 0.1) is 11.8 Å². The smallest absolute Gasteiger partial charge is 0.0625 e. The summed E-state index contributed by atoms with van der Waals surface area (Å²) in [5.74, 6) is 1.39.